The van der Waals surface area contributed by atoms with Crippen LogP contribution >= 0.6 is 23.1 Å². The highest BCUT2D eigenvalue weighted by Gasteiger charge is 2.21. The maximum atomic E-state index is 12.2. The minimum absolute atomic E-state index is 0.260. The highest BCUT2D eigenvalue weighted by atomic mass is 32.2. The van der Waals surface area contributed by atoms with Crippen molar-refractivity contribution >= 4 is 35.0 Å². The molecule has 0 radical (unpaired) electrons. The highest BCUT2D eigenvalue weighted by Crippen LogP contribution is 2.36. The molecule has 0 bridgehead atoms. The maximum Gasteiger partial charge on any atom is 0.358 e. The highest BCUT2D eigenvalue weighted by molar-refractivity contribution is 8.00. The van der Waals surface area contributed by atoms with Gasteiger partial charge in [-0.3, -0.25) is 4.79 Å². The number of methoxy groups -OCH3 is 2. The van der Waals surface area contributed by atoms with Crippen molar-refractivity contribution in [1.82, 2.24) is 4.98 Å². The molecule has 0 N–H and O–H groups in total. The molecule has 3 aromatic rings. The van der Waals surface area contributed by atoms with E-state index in [9.17, 15) is 9.59 Å². The molecule has 0 saturated carbocycles. The van der Waals surface area contributed by atoms with E-state index in [1.54, 1.807) is 6.92 Å². The summed E-state index contributed by atoms with van der Waals surface area (Å²) in [7, 11) is 2.73. The van der Waals surface area contributed by atoms with Gasteiger partial charge in [0.2, 0.25) is 0 Å². The predicted molar refractivity (Wildman–Crippen MR) is 112 cm³/mol. The number of esters is 2. The largest absolute Gasteiger partial charge is 0.468 e. The van der Waals surface area contributed by atoms with Crippen LogP contribution in [0.15, 0.2) is 59.5 Å². The summed E-state index contributed by atoms with van der Waals surface area (Å²) >= 11 is 2.87. The molecule has 1 unspecified atom stereocenters. The van der Waals surface area contributed by atoms with Crippen LogP contribution in [-0.4, -0.2) is 36.4 Å². The van der Waals surface area contributed by atoms with Crippen molar-refractivity contribution < 1.29 is 19.1 Å². The minimum atomic E-state index is -0.458. The number of aromatic nitrogens is 1. The first-order valence-electron chi connectivity index (χ1n) is 8.53. The molecule has 0 amide bonds. The van der Waals surface area contributed by atoms with Gasteiger partial charge in [-0.05, 0) is 24.6 Å². The zero-order chi connectivity index (χ0) is 20.1. The van der Waals surface area contributed by atoms with Crippen LogP contribution in [0.4, 0.5) is 0 Å². The number of thiazole rings is 1. The molecular weight excluding hydrogens is 394 g/mol. The van der Waals surface area contributed by atoms with E-state index in [0.717, 1.165) is 25.9 Å². The third kappa shape index (κ3) is 4.43. The van der Waals surface area contributed by atoms with Gasteiger partial charge in [0.25, 0.3) is 0 Å². The van der Waals surface area contributed by atoms with Crippen molar-refractivity contribution in [3.63, 3.8) is 0 Å². The Kier molecular flexibility index (Phi) is 6.49. The molecule has 1 atom stereocenters. The molecule has 0 fully saturated rings. The van der Waals surface area contributed by atoms with E-state index < -0.39 is 5.97 Å². The Hall–Kier alpha value is -2.64. The summed E-state index contributed by atoms with van der Waals surface area (Å²) in [6.07, 6.45) is 0. The van der Waals surface area contributed by atoms with Crippen molar-refractivity contribution in [1.29, 1.82) is 0 Å². The quantitative estimate of drug-likeness (QED) is 0.422. The first-order valence-corrected chi connectivity index (χ1v) is 10.2. The van der Waals surface area contributed by atoms with Crippen LogP contribution in [-0.2, 0) is 14.3 Å². The number of ether oxygens (including phenoxy) is 2. The van der Waals surface area contributed by atoms with Crippen molar-refractivity contribution in [3.05, 3.63) is 60.3 Å². The molecular formula is C21H19NO4S2. The predicted octanol–water partition coefficient (Wildman–Crippen LogP) is 4.92. The van der Waals surface area contributed by atoms with Gasteiger partial charge < -0.3 is 9.47 Å². The van der Waals surface area contributed by atoms with E-state index in [1.165, 1.54) is 37.3 Å². The number of nitrogens with zero attached hydrogens (tertiary/aromatic N) is 1. The van der Waals surface area contributed by atoms with Crippen LogP contribution < -0.4 is 0 Å². The number of carbonyl (C=O) groups is 2. The Morgan fingerprint density at radius 1 is 0.964 bits per heavy atom. The van der Waals surface area contributed by atoms with E-state index in [-0.39, 0.29) is 11.2 Å². The molecule has 28 heavy (non-hydrogen) atoms. The Morgan fingerprint density at radius 3 is 2.25 bits per heavy atom. The van der Waals surface area contributed by atoms with Crippen LogP contribution in [0.25, 0.3) is 21.0 Å². The summed E-state index contributed by atoms with van der Waals surface area (Å²) in [5.41, 5.74) is 2.13. The SMILES string of the molecule is COC(=O)c1nc(-c2ccc(SC(C)C(=O)OC)cc2)sc1-c1ccccc1. The average molecular weight is 414 g/mol. The molecule has 0 spiro atoms. The Labute approximate surface area is 171 Å². The molecule has 144 valence electrons. The minimum Gasteiger partial charge on any atom is -0.468 e. The molecule has 7 heteroatoms. The van der Waals surface area contributed by atoms with Crippen LogP contribution in [0.3, 0.4) is 0 Å². The van der Waals surface area contributed by atoms with E-state index in [0.29, 0.717) is 5.69 Å². The second-order valence-electron chi connectivity index (χ2n) is 5.86. The van der Waals surface area contributed by atoms with Gasteiger partial charge in [0.1, 0.15) is 10.3 Å². The summed E-state index contributed by atoms with van der Waals surface area (Å²) < 4.78 is 9.66. The van der Waals surface area contributed by atoms with E-state index in [1.807, 2.05) is 54.6 Å². The molecule has 0 aliphatic heterocycles. The molecule has 0 saturated heterocycles. The molecule has 5 nitrogen and oxygen atoms in total. The number of thioether (sulfide) groups is 1. The topological polar surface area (TPSA) is 65.5 Å². The smallest absolute Gasteiger partial charge is 0.358 e. The lowest BCUT2D eigenvalue weighted by Crippen LogP contribution is -2.14. The molecule has 2 aromatic carbocycles. The van der Waals surface area contributed by atoms with Crippen molar-refractivity contribution in [2.45, 2.75) is 17.1 Å². The standard InChI is InChI=1S/C21H19NO4S2/c1-13(20(23)25-2)27-16-11-9-15(10-12-16)19-22-17(21(24)26-3)18(28-19)14-7-5-4-6-8-14/h4-13H,1-3H3. The first-order chi connectivity index (χ1) is 13.5. The fourth-order valence-corrected chi connectivity index (χ4v) is 4.52. The maximum absolute atomic E-state index is 12.2. The molecule has 3 rings (SSSR count). The second-order valence-corrected chi connectivity index (χ2v) is 8.28. The van der Waals surface area contributed by atoms with Gasteiger partial charge >= 0.3 is 11.9 Å². The van der Waals surface area contributed by atoms with Gasteiger partial charge in [0.05, 0.1) is 19.1 Å². The number of rotatable bonds is 6. The van der Waals surface area contributed by atoms with Gasteiger partial charge in [-0.15, -0.1) is 23.1 Å². The number of benzene rings is 2. The van der Waals surface area contributed by atoms with Crippen LogP contribution in [0.1, 0.15) is 17.4 Å². The number of hydrogen-bond donors (Lipinski definition) is 0. The van der Waals surface area contributed by atoms with E-state index >= 15 is 0 Å². The van der Waals surface area contributed by atoms with Crippen molar-refractivity contribution in [3.8, 4) is 21.0 Å². The summed E-state index contributed by atoms with van der Waals surface area (Å²) in [6.45, 7) is 1.81. The third-order valence-corrected chi connectivity index (χ3v) is 6.23. The normalized spacial score (nSPS) is 11.7. The Bertz CT molecular complexity index is 968. The van der Waals surface area contributed by atoms with Crippen LogP contribution in [0.2, 0.25) is 0 Å². The van der Waals surface area contributed by atoms with Crippen molar-refractivity contribution in [2.24, 2.45) is 0 Å². The summed E-state index contributed by atoms with van der Waals surface area (Å²) in [4.78, 5) is 30.0. The molecule has 1 aromatic heterocycles. The summed E-state index contributed by atoms with van der Waals surface area (Å²) in [6, 6.07) is 17.4. The monoisotopic (exact) mass is 413 g/mol. The van der Waals surface area contributed by atoms with Gasteiger partial charge in [-0.2, -0.15) is 0 Å². The Morgan fingerprint density at radius 2 is 1.64 bits per heavy atom. The third-order valence-electron chi connectivity index (χ3n) is 3.99. The zero-order valence-corrected chi connectivity index (χ0v) is 17.3. The van der Waals surface area contributed by atoms with E-state index in [2.05, 4.69) is 4.98 Å². The lowest BCUT2D eigenvalue weighted by molar-refractivity contribution is -0.139. The lowest BCUT2D eigenvalue weighted by Gasteiger charge is -2.08. The van der Waals surface area contributed by atoms with E-state index in [4.69, 9.17) is 9.47 Å². The fourth-order valence-electron chi connectivity index (χ4n) is 2.56. The number of hydrogen-bond acceptors (Lipinski definition) is 7. The van der Waals surface area contributed by atoms with Crippen LogP contribution in [0.5, 0.6) is 0 Å². The molecule has 1 heterocycles. The average Bonchev–Trinajstić information content (AvgIpc) is 3.19. The first kappa shape index (κ1) is 20.1. The summed E-state index contributed by atoms with van der Waals surface area (Å²) in [5, 5.41) is 0.447. The zero-order valence-electron chi connectivity index (χ0n) is 15.7. The van der Waals surface area contributed by atoms with Gasteiger partial charge in [-0.1, -0.05) is 42.5 Å². The fraction of sp³-hybridized carbons (Fsp3) is 0.190. The van der Waals surface area contributed by atoms with Gasteiger partial charge in [-0.25, -0.2) is 9.78 Å². The van der Waals surface area contributed by atoms with Gasteiger partial charge in [0.15, 0.2) is 5.69 Å². The van der Waals surface area contributed by atoms with Crippen LogP contribution in [0, 0.1) is 0 Å². The molecule has 0 aliphatic rings. The van der Waals surface area contributed by atoms with Gasteiger partial charge in [0, 0.05) is 10.5 Å². The number of carbonyl (C=O) groups excluding carboxylic acids is 2. The molecule has 0 aliphatic carbocycles. The lowest BCUT2D eigenvalue weighted by atomic mass is 10.1. The summed E-state index contributed by atoms with van der Waals surface area (Å²) in [5.74, 6) is -0.718. The second kappa shape index (κ2) is 9.03. The van der Waals surface area contributed by atoms with Crippen molar-refractivity contribution in [2.75, 3.05) is 14.2 Å². The Balaban J connectivity index is 1.90.